The van der Waals surface area contributed by atoms with Crippen LogP contribution in [0.1, 0.15) is 31.7 Å². The van der Waals surface area contributed by atoms with Gasteiger partial charge in [-0.25, -0.2) is 9.97 Å². The van der Waals surface area contributed by atoms with E-state index < -0.39 is 0 Å². The summed E-state index contributed by atoms with van der Waals surface area (Å²) in [5, 5.41) is 3.36. The van der Waals surface area contributed by atoms with Crippen molar-refractivity contribution in [3.63, 3.8) is 0 Å². The molecule has 0 bridgehead atoms. The van der Waals surface area contributed by atoms with Gasteiger partial charge in [-0.2, -0.15) is 0 Å². The molecule has 2 rings (SSSR count). The second-order valence-electron chi connectivity index (χ2n) is 5.45. The molecule has 1 fully saturated rings. The molecule has 0 amide bonds. The first-order valence-corrected chi connectivity index (χ1v) is 7.59. The largest absolute Gasteiger partial charge is 0.384 e. The average molecular weight is 278 g/mol. The van der Waals surface area contributed by atoms with Gasteiger partial charge in [0.15, 0.2) is 0 Å². The van der Waals surface area contributed by atoms with Crippen LogP contribution in [0.2, 0.25) is 0 Å². The summed E-state index contributed by atoms with van der Waals surface area (Å²) >= 11 is 0. The van der Waals surface area contributed by atoms with Crippen molar-refractivity contribution < 1.29 is 4.74 Å². The van der Waals surface area contributed by atoms with Crippen LogP contribution in [0.5, 0.6) is 0 Å². The molecule has 1 aliphatic heterocycles. The molecule has 2 heterocycles. The minimum Gasteiger partial charge on any atom is -0.384 e. The third kappa shape index (κ3) is 4.42. The van der Waals surface area contributed by atoms with Gasteiger partial charge in [0.25, 0.3) is 0 Å². The zero-order valence-electron chi connectivity index (χ0n) is 12.6. The first-order chi connectivity index (χ1) is 9.83. The Bertz CT molecular complexity index is 374. The molecule has 5 nitrogen and oxygen atoms in total. The molecule has 1 N–H and O–H groups in total. The van der Waals surface area contributed by atoms with Gasteiger partial charge in [-0.15, -0.1) is 0 Å². The Labute approximate surface area is 121 Å². The van der Waals surface area contributed by atoms with E-state index in [-0.39, 0.29) is 0 Å². The number of hydrogen-bond acceptors (Lipinski definition) is 5. The Balaban J connectivity index is 1.81. The Morgan fingerprint density at radius 3 is 2.60 bits per heavy atom. The van der Waals surface area contributed by atoms with E-state index in [1.807, 2.05) is 12.4 Å². The topological polar surface area (TPSA) is 50.3 Å². The van der Waals surface area contributed by atoms with E-state index >= 15 is 0 Å². The quantitative estimate of drug-likeness (QED) is 0.771. The minimum absolute atomic E-state index is 0.689. The molecule has 0 spiro atoms. The Hall–Kier alpha value is -1.20. The number of rotatable bonds is 7. The maximum absolute atomic E-state index is 5.23. The van der Waals surface area contributed by atoms with Crippen LogP contribution in [-0.2, 0) is 11.3 Å². The number of nitrogens with zero attached hydrogens (tertiary/aromatic N) is 3. The lowest BCUT2D eigenvalue weighted by Gasteiger charge is -2.31. The third-order valence-electron chi connectivity index (χ3n) is 3.75. The molecule has 112 valence electrons. The zero-order chi connectivity index (χ0) is 14.2. The highest BCUT2D eigenvalue weighted by atomic mass is 16.5. The molecular formula is C15H26N4O. The predicted molar refractivity (Wildman–Crippen MR) is 80.8 cm³/mol. The van der Waals surface area contributed by atoms with E-state index in [1.54, 1.807) is 7.11 Å². The summed E-state index contributed by atoms with van der Waals surface area (Å²) in [5.41, 5.74) is 1.15. The van der Waals surface area contributed by atoms with Gasteiger partial charge in [-0.1, -0.05) is 6.92 Å². The first kappa shape index (κ1) is 15.2. The van der Waals surface area contributed by atoms with Gasteiger partial charge in [0.2, 0.25) is 5.95 Å². The lowest BCUT2D eigenvalue weighted by Crippen LogP contribution is -2.36. The Morgan fingerprint density at radius 2 is 2.00 bits per heavy atom. The van der Waals surface area contributed by atoms with Crippen molar-refractivity contribution in [2.24, 2.45) is 5.92 Å². The Kier molecular flexibility index (Phi) is 6.21. The summed E-state index contributed by atoms with van der Waals surface area (Å²) in [4.78, 5) is 11.3. The minimum atomic E-state index is 0.689. The maximum Gasteiger partial charge on any atom is 0.225 e. The van der Waals surface area contributed by atoms with Crippen molar-refractivity contribution in [3.8, 4) is 0 Å². The number of ether oxygens (including phenoxy) is 1. The maximum atomic E-state index is 5.23. The highest BCUT2D eigenvalue weighted by Gasteiger charge is 2.20. The van der Waals surface area contributed by atoms with Crippen molar-refractivity contribution in [1.29, 1.82) is 0 Å². The molecule has 0 atom stereocenters. The molecule has 0 aromatic carbocycles. The van der Waals surface area contributed by atoms with Crippen LogP contribution in [0, 0.1) is 5.92 Å². The van der Waals surface area contributed by atoms with Crippen LogP contribution in [-0.4, -0.2) is 43.3 Å². The number of hydrogen-bond donors (Lipinski definition) is 1. The second-order valence-corrected chi connectivity index (χ2v) is 5.45. The lowest BCUT2D eigenvalue weighted by molar-refractivity contribution is 0.139. The fourth-order valence-electron chi connectivity index (χ4n) is 2.55. The molecule has 0 aliphatic carbocycles. The summed E-state index contributed by atoms with van der Waals surface area (Å²) in [6.45, 7) is 6.98. The fourth-order valence-corrected chi connectivity index (χ4v) is 2.55. The van der Waals surface area contributed by atoms with E-state index in [0.717, 1.165) is 63.6 Å². The molecule has 0 unspecified atom stereocenters. The molecule has 20 heavy (non-hydrogen) atoms. The number of nitrogens with one attached hydrogen (secondary N) is 1. The number of anilines is 1. The number of aromatic nitrogens is 2. The predicted octanol–water partition coefficient (Wildman–Crippen LogP) is 1.84. The van der Waals surface area contributed by atoms with Gasteiger partial charge in [0.1, 0.15) is 0 Å². The standard InChI is InChI=1S/C15H26N4O/c1-3-6-16-9-14-10-17-15(18-11-14)19-7-4-13(5-8-19)12-20-2/h10-11,13,16H,3-9,12H2,1-2H3. The molecule has 0 radical (unpaired) electrons. The molecular weight excluding hydrogens is 252 g/mol. The summed E-state index contributed by atoms with van der Waals surface area (Å²) in [5.74, 6) is 1.55. The van der Waals surface area contributed by atoms with E-state index in [4.69, 9.17) is 4.74 Å². The van der Waals surface area contributed by atoms with Gasteiger partial charge in [0, 0.05) is 51.3 Å². The van der Waals surface area contributed by atoms with Crippen LogP contribution in [0.15, 0.2) is 12.4 Å². The molecule has 1 aromatic rings. The van der Waals surface area contributed by atoms with Crippen molar-refractivity contribution in [3.05, 3.63) is 18.0 Å². The van der Waals surface area contributed by atoms with Gasteiger partial charge in [-0.3, -0.25) is 0 Å². The van der Waals surface area contributed by atoms with E-state index in [1.165, 1.54) is 0 Å². The summed E-state index contributed by atoms with van der Waals surface area (Å²) in [6.07, 6.45) is 7.35. The first-order valence-electron chi connectivity index (χ1n) is 7.59. The molecule has 1 aromatic heterocycles. The summed E-state index contributed by atoms with van der Waals surface area (Å²) in [7, 11) is 1.78. The van der Waals surface area contributed by atoms with Crippen LogP contribution in [0.4, 0.5) is 5.95 Å². The van der Waals surface area contributed by atoms with Crippen molar-refractivity contribution in [1.82, 2.24) is 15.3 Å². The lowest BCUT2D eigenvalue weighted by atomic mass is 9.98. The zero-order valence-corrected chi connectivity index (χ0v) is 12.6. The van der Waals surface area contributed by atoms with E-state index in [2.05, 4.69) is 27.1 Å². The highest BCUT2D eigenvalue weighted by molar-refractivity contribution is 5.30. The number of piperidine rings is 1. The van der Waals surface area contributed by atoms with Crippen molar-refractivity contribution in [2.75, 3.05) is 38.3 Å². The molecule has 1 saturated heterocycles. The van der Waals surface area contributed by atoms with Gasteiger partial charge in [0.05, 0.1) is 0 Å². The average Bonchev–Trinajstić information content (AvgIpc) is 2.49. The van der Waals surface area contributed by atoms with Gasteiger partial charge in [-0.05, 0) is 31.7 Å². The SMILES string of the molecule is CCCNCc1cnc(N2CCC(COC)CC2)nc1. The van der Waals surface area contributed by atoms with E-state index in [0.29, 0.717) is 5.92 Å². The van der Waals surface area contributed by atoms with Crippen LogP contribution in [0.3, 0.4) is 0 Å². The molecule has 5 heteroatoms. The third-order valence-corrected chi connectivity index (χ3v) is 3.75. The van der Waals surface area contributed by atoms with Crippen molar-refractivity contribution in [2.45, 2.75) is 32.7 Å². The highest BCUT2D eigenvalue weighted by Crippen LogP contribution is 2.20. The van der Waals surface area contributed by atoms with Gasteiger partial charge >= 0.3 is 0 Å². The van der Waals surface area contributed by atoms with Crippen LogP contribution in [0.25, 0.3) is 0 Å². The molecule has 1 aliphatic rings. The van der Waals surface area contributed by atoms with Gasteiger partial charge < -0.3 is 15.0 Å². The normalized spacial score (nSPS) is 16.6. The van der Waals surface area contributed by atoms with Crippen LogP contribution >= 0.6 is 0 Å². The van der Waals surface area contributed by atoms with Crippen molar-refractivity contribution >= 4 is 5.95 Å². The number of methoxy groups -OCH3 is 1. The summed E-state index contributed by atoms with van der Waals surface area (Å²) in [6, 6.07) is 0. The Morgan fingerprint density at radius 1 is 1.30 bits per heavy atom. The van der Waals surface area contributed by atoms with E-state index in [9.17, 15) is 0 Å². The smallest absolute Gasteiger partial charge is 0.225 e. The molecule has 0 saturated carbocycles. The monoisotopic (exact) mass is 278 g/mol. The fraction of sp³-hybridized carbons (Fsp3) is 0.733. The second kappa shape index (κ2) is 8.17. The summed E-state index contributed by atoms with van der Waals surface area (Å²) < 4.78 is 5.23. The van der Waals surface area contributed by atoms with Crippen LogP contribution < -0.4 is 10.2 Å².